The Morgan fingerprint density at radius 1 is 1.10 bits per heavy atom. The van der Waals surface area contributed by atoms with Crippen molar-refractivity contribution >= 4 is 34.2 Å². The highest BCUT2D eigenvalue weighted by Gasteiger charge is 2.27. The van der Waals surface area contributed by atoms with Crippen molar-refractivity contribution < 1.29 is 14.3 Å². The molecule has 2 amide bonds. The van der Waals surface area contributed by atoms with Gasteiger partial charge in [0.1, 0.15) is 0 Å². The van der Waals surface area contributed by atoms with Crippen molar-refractivity contribution in [3.8, 4) is 10.6 Å². The van der Waals surface area contributed by atoms with E-state index in [1.54, 1.807) is 23.2 Å². The zero-order chi connectivity index (χ0) is 20.4. The largest absolute Gasteiger partial charge is 0.450 e. The first-order valence-corrected chi connectivity index (χ1v) is 10.6. The molecule has 1 fully saturated rings. The Bertz CT molecular complexity index is 1040. The van der Waals surface area contributed by atoms with Crippen LogP contribution < -0.4 is 0 Å². The molecule has 7 heteroatoms. The van der Waals surface area contributed by atoms with Crippen LogP contribution >= 0.6 is 11.3 Å². The Balaban J connectivity index is 1.65. The van der Waals surface area contributed by atoms with Gasteiger partial charge in [-0.15, -0.1) is 11.3 Å². The predicted molar refractivity (Wildman–Crippen MR) is 114 cm³/mol. The van der Waals surface area contributed by atoms with Crippen LogP contribution in [0.15, 0.2) is 41.8 Å². The van der Waals surface area contributed by atoms with Gasteiger partial charge in [-0.05, 0) is 43.5 Å². The third-order valence-electron chi connectivity index (χ3n) is 5.06. The Labute approximate surface area is 173 Å². The van der Waals surface area contributed by atoms with Gasteiger partial charge in [0.2, 0.25) is 0 Å². The van der Waals surface area contributed by atoms with Crippen molar-refractivity contribution in [3.63, 3.8) is 0 Å². The zero-order valence-corrected chi connectivity index (χ0v) is 17.4. The zero-order valence-electron chi connectivity index (χ0n) is 16.6. The second-order valence-electron chi connectivity index (χ2n) is 7.03. The van der Waals surface area contributed by atoms with Crippen molar-refractivity contribution in [1.82, 2.24) is 14.8 Å². The highest BCUT2D eigenvalue weighted by Crippen LogP contribution is 2.29. The molecule has 1 saturated heterocycles. The van der Waals surface area contributed by atoms with Crippen LogP contribution in [0.5, 0.6) is 0 Å². The van der Waals surface area contributed by atoms with Crippen molar-refractivity contribution in [2.45, 2.75) is 13.8 Å². The molecule has 1 aromatic carbocycles. The van der Waals surface area contributed by atoms with Crippen LogP contribution in [0.3, 0.4) is 0 Å². The predicted octanol–water partition coefficient (Wildman–Crippen LogP) is 4.19. The minimum Gasteiger partial charge on any atom is -0.450 e. The molecule has 0 bridgehead atoms. The normalized spacial score (nSPS) is 14.3. The maximum atomic E-state index is 13.4. The fourth-order valence-corrected chi connectivity index (χ4v) is 4.23. The number of piperazine rings is 1. The van der Waals surface area contributed by atoms with E-state index in [0.29, 0.717) is 38.3 Å². The third kappa shape index (κ3) is 3.96. The molecule has 29 heavy (non-hydrogen) atoms. The standard InChI is InChI=1S/C22H23N3O3S/c1-3-28-22(27)25-10-8-24(9-11-25)21(26)17-14-19(20-5-4-12-29-20)23-18-7-6-15(2)13-16(17)18/h4-7,12-14H,3,8-11H2,1-2H3. The van der Waals surface area contributed by atoms with Gasteiger partial charge in [-0.2, -0.15) is 0 Å². The van der Waals surface area contributed by atoms with Crippen LogP contribution in [-0.2, 0) is 4.74 Å². The molecule has 1 aliphatic heterocycles. The minimum atomic E-state index is -0.315. The summed E-state index contributed by atoms with van der Waals surface area (Å²) in [5, 5.41) is 2.87. The average molecular weight is 410 g/mol. The fraction of sp³-hybridized carbons (Fsp3) is 0.318. The number of nitrogens with zero attached hydrogens (tertiary/aromatic N) is 3. The molecule has 0 unspecified atom stereocenters. The summed E-state index contributed by atoms with van der Waals surface area (Å²) < 4.78 is 5.07. The lowest BCUT2D eigenvalue weighted by Crippen LogP contribution is -2.50. The van der Waals surface area contributed by atoms with Crippen molar-refractivity contribution in [1.29, 1.82) is 0 Å². The summed E-state index contributed by atoms with van der Waals surface area (Å²) in [4.78, 5) is 34.6. The van der Waals surface area contributed by atoms with E-state index in [0.717, 1.165) is 27.0 Å². The highest BCUT2D eigenvalue weighted by atomic mass is 32.1. The Hall–Kier alpha value is -2.93. The van der Waals surface area contributed by atoms with E-state index in [1.165, 1.54) is 0 Å². The number of fused-ring (bicyclic) bond motifs is 1. The smallest absolute Gasteiger partial charge is 0.409 e. The number of hydrogen-bond donors (Lipinski definition) is 0. The minimum absolute atomic E-state index is 0.0238. The summed E-state index contributed by atoms with van der Waals surface area (Å²) >= 11 is 1.61. The van der Waals surface area contributed by atoms with Crippen LogP contribution in [0.1, 0.15) is 22.8 Å². The Morgan fingerprint density at radius 3 is 2.55 bits per heavy atom. The van der Waals surface area contributed by atoms with Crippen LogP contribution in [0.2, 0.25) is 0 Å². The van der Waals surface area contributed by atoms with E-state index in [9.17, 15) is 9.59 Å². The molecule has 1 aliphatic rings. The van der Waals surface area contributed by atoms with Crippen LogP contribution in [0.25, 0.3) is 21.5 Å². The van der Waals surface area contributed by atoms with Crippen LogP contribution in [-0.4, -0.2) is 59.6 Å². The molecule has 0 atom stereocenters. The van der Waals surface area contributed by atoms with Crippen molar-refractivity contribution in [2.24, 2.45) is 0 Å². The van der Waals surface area contributed by atoms with E-state index in [4.69, 9.17) is 9.72 Å². The summed E-state index contributed by atoms with van der Waals surface area (Å²) in [6, 6.07) is 11.9. The monoisotopic (exact) mass is 409 g/mol. The number of pyridine rings is 1. The lowest BCUT2D eigenvalue weighted by Gasteiger charge is -2.34. The van der Waals surface area contributed by atoms with Gasteiger partial charge in [0.05, 0.1) is 28.3 Å². The summed E-state index contributed by atoms with van der Waals surface area (Å²) in [5.41, 5.74) is 3.37. The van der Waals surface area contributed by atoms with E-state index >= 15 is 0 Å². The number of rotatable bonds is 3. The number of carbonyl (C=O) groups is 2. The number of aryl methyl sites for hydroxylation is 1. The van der Waals surface area contributed by atoms with Gasteiger partial charge in [0, 0.05) is 31.6 Å². The molecule has 3 aromatic rings. The molecular formula is C22H23N3O3S. The molecule has 3 heterocycles. The number of amides is 2. The lowest BCUT2D eigenvalue weighted by atomic mass is 10.0. The molecule has 6 nitrogen and oxygen atoms in total. The summed E-state index contributed by atoms with van der Waals surface area (Å²) in [6.07, 6.45) is -0.315. The van der Waals surface area contributed by atoms with Gasteiger partial charge in [0.15, 0.2) is 0 Å². The van der Waals surface area contributed by atoms with Crippen LogP contribution in [0, 0.1) is 6.92 Å². The molecule has 150 valence electrons. The summed E-state index contributed by atoms with van der Waals surface area (Å²) in [5.74, 6) is -0.0238. The second kappa shape index (κ2) is 8.21. The maximum Gasteiger partial charge on any atom is 0.409 e. The molecule has 4 rings (SSSR count). The van der Waals surface area contributed by atoms with Gasteiger partial charge in [-0.25, -0.2) is 9.78 Å². The van der Waals surface area contributed by atoms with Gasteiger partial charge in [0.25, 0.3) is 5.91 Å². The molecular weight excluding hydrogens is 386 g/mol. The third-order valence-corrected chi connectivity index (χ3v) is 5.95. The number of carbonyl (C=O) groups excluding carboxylic acids is 2. The van der Waals surface area contributed by atoms with Crippen molar-refractivity contribution in [2.75, 3.05) is 32.8 Å². The lowest BCUT2D eigenvalue weighted by molar-refractivity contribution is 0.0572. The fourth-order valence-electron chi connectivity index (χ4n) is 3.54. The van der Waals surface area contributed by atoms with Gasteiger partial charge in [-0.1, -0.05) is 17.7 Å². The maximum absolute atomic E-state index is 13.4. The molecule has 0 radical (unpaired) electrons. The van der Waals surface area contributed by atoms with Crippen molar-refractivity contribution in [3.05, 3.63) is 52.9 Å². The topological polar surface area (TPSA) is 62.7 Å². The number of hydrogen-bond acceptors (Lipinski definition) is 5. The van der Waals surface area contributed by atoms with E-state index in [1.807, 2.05) is 53.6 Å². The molecule has 0 aliphatic carbocycles. The quantitative estimate of drug-likeness (QED) is 0.651. The SMILES string of the molecule is CCOC(=O)N1CCN(C(=O)c2cc(-c3cccs3)nc3ccc(C)cc23)CC1. The van der Waals surface area contributed by atoms with E-state index < -0.39 is 0 Å². The Kier molecular flexibility index (Phi) is 5.49. The first kappa shape index (κ1) is 19.4. The number of aromatic nitrogens is 1. The molecule has 0 N–H and O–H groups in total. The highest BCUT2D eigenvalue weighted by molar-refractivity contribution is 7.13. The first-order valence-electron chi connectivity index (χ1n) is 9.73. The van der Waals surface area contributed by atoms with Gasteiger partial charge >= 0.3 is 6.09 Å². The Morgan fingerprint density at radius 2 is 1.86 bits per heavy atom. The van der Waals surface area contributed by atoms with Gasteiger partial charge in [-0.3, -0.25) is 4.79 Å². The first-order chi connectivity index (χ1) is 14.1. The number of ether oxygens (including phenoxy) is 1. The molecule has 0 saturated carbocycles. The molecule has 2 aromatic heterocycles. The molecule has 0 spiro atoms. The number of benzene rings is 1. The van der Waals surface area contributed by atoms with E-state index in [2.05, 4.69) is 0 Å². The second-order valence-corrected chi connectivity index (χ2v) is 7.98. The van der Waals surface area contributed by atoms with E-state index in [-0.39, 0.29) is 12.0 Å². The van der Waals surface area contributed by atoms with Gasteiger partial charge < -0.3 is 14.5 Å². The summed E-state index contributed by atoms with van der Waals surface area (Å²) in [6.45, 7) is 6.09. The average Bonchev–Trinajstić information content (AvgIpc) is 3.28. The van der Waals surface area contributed by atoms with Crippen LogP contribution in [0.4, 0.5) is 4.79 Å². The number of thiophene rings is 1. The summed E-state index contributed by atoms with van der Waals surface area (Å²) in [7, 11) is 0.